The average molecular weight is 497 g/mol. The van der Waals surface area contributed by atoms with Crippen LogP contribution in [0.3, 0.4) is 0 Å². The summed E-state index contributed by atoms with van der Waals surface area (Å²) in [5.41, 5.74) is 0.896. The van der Waals surface area contributed by atoms with E-state index in [-0.39, 0.29) is 5.92 Å². The number of carbonyl (C=O) groups is 4. The minimum Gasteiger partial charge on any atom is -0.453 e. The number of thioether (sulfide) groups is 1. The molecule has 190 valence electrons. The van der Waals surface area contributed by atoms with E-state index in [4.69, 9.17) is 0 Å². The summed E-state index contributed by atoms with van der Waals surface area (Å²) >= 11 is 1.53. The molecule has 3 atom stereocenters. The molecule has 0 bridgehead atoms. The number of alkyl carbamates (subject to hydrolysis) is 2. The fourth-order valence-corrected chi connectivity index (χ4v) is 3.61. The molecule has 1 aromatic carbocycles. The zero-order chi connectivity index (χ0) is 25.5. The molecule has 1 rings (SSSR count). The summed E-state index contributed by atoms with van der Waals surface area (Å²) in [4.78, 5) is 49.6. The van der Waals surface area contributed by atoms with Gasteiger partial charge in [0.1, 0.15) is 18.2 Å². The highest BCUT2D eigenvalue weighted by Crippen LogP contribution is 2.09. The second kappa shape index (κ2) is 15.8. The lowest BCUT2D eigenvalue weighted by atomic mass is 10.0. The van der Waals surface area contributed by atoms with Gasteiger partial charge in [-0.1, -0.05) is 44.2 Å². The first-order valence-electron chi connectivity index (χ1n) is 11.0. The van der Waals surface area contributed by atoms with Gasteiger partial charge in [0.25, 0.3) is 0 Å². The van der Waals surface area contributed by atoms with Crippen molar-refractivity contribution in [2.24, 2.45) is 5.92 Å². The monoisotopic (exact) mass is 496 g/mol. The third kappa shape index (κ3) is 11.3. The van der Waals surface area contributed by atoms with Gasteiger partial charge in [-0.2, -0.15) is 11.8 Å². The van der Waals surface area contributed by atoms with Gasteiger partial charge in [0.2, 0.25) is 11.8 Å². The molecule has 4 amide bonds. The maximum Gasteiger partial charge on any atom is 0.408 e. The van der Waals surface area contributed by atoms with E-state index < -0.39 is 42.3 Å². The van der Waals surface area contributed by atoms with Crippen LogP contribution in [0.1, 0.15) is 32.3 Å². The number of rotatable bonds is 13. The molecule has 0 saturated heterocycles. The van der Waals surface area contributed by atoms with E-state index in [1.165, 1.54) is 26.0 Å². The van der Waals surface area contributed by atoms with Gasteiger partial charge in [0.05, 0.1) is 14.2 Å². The summed E-state index contributed by atoms with van der Waals surface area (Å²) in [5.74, 6) is -0.219. The first-order valence-corrected chi connectivity index (χ1v) is 12.4. The molecule has 0 radical (unpaired) electrons. The minimum atomic E-state index is -0.874. The Labute approximate surface area is 205 Å². The Kier molecular flexibility index (Phi) is 13.5. The molecule has 0 spiro atoms. The fraction of sp³-hybridized carbons (Fsp3) is 0.565. The maximum absolute atomic E-state index is 13.2. The third-order valence-corrected chi connectivity index (χ3v) is 5.47. The molecule has 4 N–H and O–H groups in total. The van der Waals surface area contributed by atoms with Crippen LogP contribution in [0.25, 0.3) is 0 Å². The second-order valence-electron chi connectivity index (χ2n) is 8.05. The van der Waals surface area contributed by atoms with Crippen LogP contribution < -0.4 is 21.3 Å². The van der Waals surface area contributed by atoms with E-state index in [9.17, 15) is 19.2 Å². The third-order valence-electron chi connectivity index (χ3n) is 4.82. The number of nitrogens with one attached hydrogen (secondary N) is 4. The van der Waals surface area contributed by atoms with Gasteiger partial charge < -0.3 is 30.7 Å². The Morgan fingerprint density at radius 2 is 1.44 bits per heavy atom. The van der Waals surface area contributed by atoms with Crippen LogP contribution in [0.5, 0.6) is 0 Å². The van der Waals surface area contributed by atoms with E-state index in [0.717, 1.165) is 5.56 Å². The molecule has 0 aromatic heterocycles. The largest absolute Gasteiger partial charge is 0.453 e. The number of hydrogen-bond donors (Lipinski definition) is 4. The van der Waals surface area contributed by atoms with Crippen molar-refractivity contribution >= 4 is 35.8 Å². The van der Waals surface area contributed by atoms with Gasteiger partial charge in [-0.15, -0.1) is 0 Å². The van der Waals surface area contributed by atoms with Gasteiger partial charge in [0, 0.05) is 6.42 Å². The Bertz CT molecular complexity index is 793. The van der Waals surface area contributed by atoms with Crippen molar-refractivity contribution in [3.05, 3.63) is 35.9 Å². The van der Waals surface area contributed by atoms with Crippen LogP contribution in [0.15, 0.2) is 30.3 Å². The lowest BCUT2D eigenvalue weighted by molar-refractivity contribution is -0.130. The molecule has 34 heavy (non-hydrogen) atoms. The van der Waals surface area contributed by atoms with Crippen molar-refractivity contribution in [2.45, 2.75) is 51.4 Å². The first kappa shape index (κ1) is 29.1. The molecule has 0 aliphatic heterocycles. The molecule has 0 heterocycles. The van der Waals surface area contributed by atoms with Crippen molar-refractivity contribution in [1.29, 1.82) is 0 Å². The van der Waals surface area contributed by atoms with E-state index in [1.54, 1.807) is 0 Å². The number of carbonyl (C=O) groups excluding carboxylic acids is 4. The van der Waals surface area contributed by atoms with E-state index >= 15 is 0 Å². The number of ether oxygens (including phenoxy) is 2. The topological polar surface area (TPSA) is 135 Å². The molecule has 0 fully saturated rings. The van der Waals surface area contributed by atoms with E-state index in [0.29, 0.717) is 25.0 Å². The van der Waals surface area contributed by atoms with Gasteiger partial charge in [-0.3, -0.25) is 9.59 Å². The Morgan fingerprint density at radius 1 is 0.853 bits per heavy atom. The summed E-state index contributed by atoms with van der Waals surface area (Å²) in [6, 6.07) is 7.61. The molecule has 1 aromatic rings. The molecule has 10 nitrogen and oxygen atoms in total. The molecule has 0 aliphatic carbocycles. The first-order chi connectivity index (χ1) is 16.2. The molecule has 11 heteroatoms. The summed E-state index contributed by atoms with van der Waals surface area (Å²) in [7, 11) is 2.45. The number of methoxy groups -OCH3 is 2. The smallest absolute Gasteiger partial charge is 0.408 e. The SMILES string of the molecule is COC(=O)N[C@H](Cc1ccccc1)NC(=O)[C@H](CC(C)C)NC(=O)[C@H](CCSC)NC(=O)OC. The highest BCUT2D eigenvalue weighted by molar-refractivity contribution is 7.98. The summed E-state index contributed by atoms with van der Waals surface area (Å²) < 4.78 is 9.30. The van der Waals surface area contributed by atoms with Crippen LogP contribution in [0, 0.1) is 5.92 Å². The van der Waals surface area contributed by atoms with Crippen LogP contribution in [-0.2, 0) is 25.5 Å². The Hall–Kier alpha value is -2.95. The minimum absolute atomic E-state index is 0.0930. The lowest BCUT2D eigenvalue weighted by Crippen LogP contribution is -2.58. The summed E-state index contributed by atoms with van der Waals surface area (Å²) in [6.45, 7) is 3.86. The Balaban J connectivity index is 2.99. The highest BCUT2D eigenvalue weighted by atomic mass is 32.2. The average Bonchev–Trinajstić information content (AvgIpc) is 2.81. The van der Waals surface area contributed by atoms with E-state index in [1.807, 2.05) is 50.4 Å². The standard InChI is InChI=1S/C23H36N4O6S/c1-15(2)13-18(24-20(28)17(11-12-34-5)25-22(30)32-3)21(29)26-19(27-23(31)33-4)14-16-9-7-6-8-10-16/h6-10,15,17-19H,11-14H2,1-5H3,(H,24,28)(H,25,30)(H,26,29)(H,27,31)/t17-,18-,19+/m0/s1. The summed E-state index contributed by atoms with van der Waals surface area (Å²) in [6.07, 6.45) is 0.781. The van der Waals surface area contributed by atoms with Crippen LogP contribution >= 0.6 is 11.8 Å². The maximum atomic E-state index is 13.2. The Morgan fingerprint density at radius 3 is 2.00 bits per heavy atom. The molecular weight excluding hydrogens is 460 g/mol. The van der Waals surface area contributed by atoms with Crippen molar-refractivity contribution in [2.75, 3.05) is 26.2 Å². The molecular formula is C23H36N4O6S. The summed E-state index contributed by atoms with van der Waals surface area (Å²) in [5, 5.41) is 10.7. The van der Waals surface area contributed by atoms with Crippen molar-refractivity contribution in [3.8, 4) is 0 Å². The van der Waals surface area contributed by atoms with Crippen LogP contribution in [-0.4, -0.2) is 68.5 Å². The number of hydrogen-bond acceptors (Lipinski definition) is 7. The van der Waals surface area contributed by atoms with Crippen molar-refractivity contribution in [3.63, 3.8) is 0 Å². The van der Waals surface area contributed by atoms with Gasteiger partial charge in [0.15, 0.2) is 0 Å². The fourth-order valence-electron chi connectivity index (χ4n) is 3.14. The quantitative estimate of drug-likeness (QED) is 0.307. The second-order valence-corrected chi connectivity index (χ2v) is 9.03. The van der Waals surface area contributed by atoms with E-state index in [2.05, 4.69) is 30.7 Å². The van der Waals surface area contributed by atoms with Crippen molar-refractivity contribution in [1.82, 2.24) is 21.3 Å². The number of amides is 4. The molecule has 0 saturated carbocycles. The van der Waals surface area contributed by atoms with Crippen LogP contribution in [0.2, 0.25) is 0 Å². The zero-order valence-electron chi connectivity index (χ0n) is 20.4. The predicted octanol–water partition coefficient (Wildman–Crippen LogP) is 2.04. The lowest BCUT2D eigenvalue weighted by Gasteiger charge is -2.26. The van der Waals surface area contributed by atoms with Crippen LogP contribution in [0.4, 0.5) is 9.59 Å². The van der Waals surface area contributed by atoms with Crippen molar-refractivity contribution < 1.29 is 28.7 Å². The molecule has 0 unspecified atom stereocenters. The zero-order valence-corrected chi connectivity index (χ0v) is 21.2. The number of benzene rings is 1. The van der Waals surface area contributed by atoms with Gasteiger partial charge in [-0.25, -0.2) is 9.59 Å². The highest BCUT2D eigenvalue weighted by Gasteiger charge is 2.29. The normalized spacial score (nSPS) is 13.2. The van der Waals surface area contributed by atoms with Gasteiger partial charge in [-0.05, 0) is 36.3 Å². The van der Waals surface area contributed by atoms with Gasteiger partial charge >= 0.3 is 12.2 Å². The molecule has 0 aliphatic rings. The predicted molar refractivity (Wildman–Crippen MR) is 131 cm³/mol.